The Balaban J connectivity index is 1.47. The quantitative estimate of drug-likeness (QED) is 0.730. The molecule has 0 radical (unpaired) electrons. The van der Waals surface area contributed by atoms with Crippen LogP contribution in [-0.2, 0) is 0 Å². The SMILES string of the molecule is OCC1(CCOc2ccccc2)CCCN(c2nccc3occc23)C1. The van der Waals surface area contributed by atoms with E-state index in [2.05, 4.69) is 9.88 Å². The van der Waals surface area contributed by atoms with Gasteiger partial charge in [0.25, 0.3) is 0 Å². The van der Waals surface area contributed by atoms with Crippen molar-refractivity contribution < 1.29 is 14.3 Å². The van der Waals surface area contributed by atoms with Crippen molar-refractivity contribution in [1.29, 1.82) is 0 Å². The van der Waals surface area contributed by atoms with E-state index >= 15 is 0 Å². The summed E-state index contributed by atoms with van der Waals surface area (Å²) in [5, 5.41) is 11.2. The molecule has 5 nitrogen and oxygen atoms in total. The molecule has 26 heavy (non-hydrogen) atoms. The number of anilines is 1. The lowest BCUT2D eigenvalue weighted by molar-refractivity contribution is 0.0793. The molecule has 1 saturated heterocycles. The van der Waals surface area contributed by atoms with E-state index in [1.165, 1.54) is 0 Å². The third kappa shape index (κ3) is 3.40. The van der Waals surface area contributed by atoms with Gasteiger partial charge in [-0.25, -0.2) is 4.98 Å². The first-order valence-electron chi connectivity index (χ1n) is 9.16. The highest BCUT2D eigenvalue weighted by Gasteiger charge is 2.36. The van der Waals surface area contributed by atoms with Gasteiger partial charge < -0.3 is 19.2 Å². The summed E-state index contributed by atoms with van der Waals surface area (Å²) in [7, 11) is 0. The second kappa shape index (κ2) is 7.38. The Labute approximate surface area is 153 Å². The van der Waals surface area contributed by atoms with Crippen molar-refractivity contribution in [1.82, 2.24) is 4.98 Å². The zero-order valence-corrected chi connectivity index (χ0v) is 14.8. The van der Waals surface area contributed by atoms with Gasteiger partial charge in [-0.1, -0.05) is 18.2 Å². The summed E-state index contributed by atoms with van der Waals surface area (Å²) in [6, 6.07) is 13.7. The first kappa shape index (κ1) is 16.9. The zero-order chi connectivity index (χ0) is 17.8. The summed E-state index contributed by atoms with van der Waals surface area (Å²) in [5.74, 6) is 1.82. The molecule has 2 aromatic heterocycles. The summed E-state index contributed by atoms with van der Waals surface area (Å²) >= 11 is 0. The second-order valence-corrected chi connectivity index (χ2v) is 7.06. The van der Waals surface area contributed by atoms with Crippen LogP contribution in [0.3, 0.4) is 0 Å². The van der Waals surface area contributed by atoms with E-state index in [9.17, 15) is 5.11 Å². The predicted octanol–water partition coefficient (Wildman–Crippen LogP) is 3.88. The number of para-hydroxylation sites is 1. The van der Waals surface area contributed by atoms with Crippen LogP contribution >= 0.6 is 0 Å². The third-order valence-corrected chi connectivity index (χ3v) is 5.30. The summed E-state index contributed by atoms with van der Waals surface area (Å²) in [4.78, 5) is 6.86. The van der Waals surface area contributed by atoms with E-state index in [-0.39, 0.29) is 12.0 Å². The van der Waals surface area contributed by atoms with E-state index < -0.39 is 0 Å². The van der Waals surface area contributed by atoms with Crippen molar-refractivity contribution in [2.75, 3.05) is 31.2 Å². The highest BCUT2D eigenvalue weighted by atomic mass is 16.5. The minimum Gasteiger partial charge on any atom is -0.494 e. The lowest BCUT2D eigenvalue weighted by Crippen LogP contribution is -2.46. The van der Waals surface area contributed by atoms with Gasteiger partial charge in [-0.3, -0.25) is 0 Å². The Hall–Kier alpha value is -2.53. The second-order valence-electron chi connectivity index (χ2n) is 7.06. The van der Waals surface area contributed by atoms with Gasteiger partial charge >= 0.3 is 0 Å². The molecule has 5 heteroatoms. The van der Waals surface area contributed by atoms with Crippen LogP contribution in [0.1, 0.15) is 19.3 Å². The van der Waals surface area contributed by atoms with E-state index in [4.69, 9.17) is 9.15 Å². The molecule has 1 aliphatic heterocycles. The average Bonchev–Trinajstić information content (AvgIpc) is 3.18. The highest BCUT2D eigenvalue weighted by molar-refractivity contribution is 5.88. The van der Waals surface area contributed by atoms with Crippen LogP contribution in [0.2, 0.25) is 0 Å². The predicted molar refractivity (Wildman–Crippen MR) is 102 cm³/mol. The van der Waals surface area contributed by atoms with Crippen LogP contribution in [0.15, 0.2) is 59.3 Å². The molecule has 3 aromatic rings. The molecule has 1 aromatic carbocycles. The van der Waals surface area contributed by atoms with Gasteiger partial charge in [-0.2, -0.15) is 0 Å². The molecule has 0 aliphatic carbocycles. The van der Waals surface area contributed by atoms with Crippen LogP contribution in [-0.4, -0.2) is 36.4 Å². The summed E-state index contributed by atoms with van der Waals surface area (Å²) < 4.78 is 11.4. The number of fused-ring (bicyclic) bond motifs is 1. The maximum atomic E-state index is 10.2. The molecule has 1 atom stereocenters. The number of ether oxygens (including phenoxy) is 1. The maximum Gasteiger partial charge on any atom is 0.139 e. The Kier molecular flexibility index (Phi) is 4.80. The monoisotopic (exact) mass is 352 g/mol. The van der Waals surface area contributed by atoms with Crippen LogP contribution < -0.4 is 9.64 Å². The van der Waals surface area contributed by atoms with Gasteiger partial charge in [-0.15, -0.1) is 0 Å². The Bertz CT molecular complexity index is 849. The summed E-state index contributed by atoms with van der Waals surface area (Å²) in [5.41, 5.74) is 0.684. The smallest absolute Gasteiger partial charge is 0.139 e. The highest BCUT2D eigenvalue weighted by Crippen LogP contribution is 2.37. The fraction of sp³-hybridized carbons (Fsp3) is 0.381. The molecular weight excluding hydrogens is 328 g/mol. The van der Waals surface area contributed by atoms with Crippen LogP contribution in [0.4, 0.5) is 5.82 Å². The van der Waals surface area contributed by atoms with Crippen molar-refractivity contribution >= 4 is 16.8 Å². The van der Waals surface area contributed by atoms with Crippen LogP contribution in [0.25, 0.3) is 11.0 Å². The van der Waals surface area contributed by atoms with Crippen molar-refractivity contribution in [3.05, 3.63) is 54.9 Å². The van der Waals surface area contributed by atoms with Gasteiger partial charge in [0.15, 0.2) is 0 Å². The molecule has 0 bridgehead atoms. The molecule has 0 spiro atoms. The molecule has 0 amide bonds. The van der Waals surface area contributed by atoms with E-state index in [0.717, 1.165) is 54.9 Å². The molecule has 3 heterocycles. The van der Waals surface area contributed by atoms with Gasteiger partial charge in [-0.05, 0) is 43.5 Å². The van der Waals surface area contributed by atoms with Gasteiger partial charge in [0.1, 0.15) is 17.2 Å². The van der Waals surface area contributed by atoms with E-state index in [1.54, 1.807) is 12.5 Å². The van der Waals surface area contributed by atoms with Crippen LogP contribution in [0.5, 0.6) is 5.75 Å². The lowest BCUT2D eigenvalue weighted by atomic mass is 9.78. The fourth-order valence-electron chi connectivity index (χ4n) is 3.83. The normalized spacial score (nSPS) is 20.4. The zero-order valence-electron chi connectivity index (χ0n) is 14.8. The van der Waals surface area contributed by atoms with E-state index in [0.29, 0.717) is 6.61 Å². The van der Waals surface area contributed by atoms with Gasteiger partial charge in [0, 0.05) is 24.7 Å². The number of aliphatic hydroxyl groups excluding tert-OH is 1. The number of aromatic nitrogens is 1. The molecule has 1 fully saturated rings. The third-order valence-electron chi connectivity index (χ3n) is 5.30. The lowest BCUT2D eigenvalue weighted by Gasteiger charge is -2.42. The number of rotatable bonds is 6. The number of piperidine rings is 1. The standard InChI is InChI=1S/C21H24N2O3/c24-16-21(10-14-25-17-5-2-1-3-6-17)9-4-12-23(15-21)20-18-8-13-26-19(18)7-11-22-20/h1-3,5-8,11,13,24H,4,9-10,12,14-16H2. The summed E-state index contributed by atoms with van der Waals surface area (Å²) in [6.07, 6.45) is 6.33. The van der Waals surface area contributed by atoms with Crippen molar-refractivity contribution in [3.63, 3.8) is 0 Å². The Morgan fingerprint density at radius 3 is 2.92 bits per heavy atom. The van der Waals surface area contributed by atoms with Crippen molar-refractivity contribution in [2.45, 2.75) is 19.3 Å². The number of hydrogen-bond donors (Lipinski definition) is 1. The first-order valence-corrected chi connectivity index (χ1v) is 9.16. The topological polar surface area (TPSA) is 58.7 Å². The number of benzene rings is 1. The molecular formula is C21H24N2O3. The van der Waals surface area contributed by atoms with Gasteiger partial charge in [0.05, 0.1) is 24.9 Å². The fourth-order valence-corrected chi connectivity index (χ4v) is 3.83. The number of aliphatic hydroxyl groups is 1. The molecule has 1 N–H and O–H groups in total. The van der Waals surface area contributed by atoms with Crippen molar-refractivity contribution in [3.8, 4) is 5.75 Å². The van der Waals surface area contributed by atoms with Crippen molar-refractivity contribution in [2.24, 2.45) is 5.41 Å². The molecule has 1 aliphatic rings. The molecule has 1 unspecified atom stereocenters. The molecule has 0 saturated carbocycles. The Morgan fingerprint density at radius 2 is 2.08 bits per heavy atom. The Morgan fingerprint density at radius 1 is 1.19 bits per heavy atom. The van der Waals surface area contributed by atoms with Crippen LogP contribution in [0, 0.1) is 5.41 Å². The number of furan rings is 1. The minimum absolute atomic E-state index is 0.156. The number of nitrogens with zero attached hydrogens (tertiary/aromatic N) is 2. The maximum absolute atomic E-state index is 10.2. The minimum atomic E-state index is -0.166. The molecule has 4 rings (SSSR count). The first-order chi connectivity index (χ1) is 12.8. The largest absolute Gasteiger partial charge is 0.494 e. The summed E-state index contributed by atoms with van der Waals surface area (Å²) in [6.45, 7) is 2.47. The van der Waals surface area contributed by atoms with Gasteiger partial charge in [0.2, 0.25) is 0 Å². The molecule has 136 valence electrons. The van der Waals surface area contributed by atoms with E-state index in [1.807, 2.05) is 42.5 Å². The average molecular weight is 352 g/mol. The number of hydrogen-bond acceptors (Lipinski definition) is 5. The number of pyridine rings is 1.